The summed E-state index contributed by atoms with van der Waals surface area (Å²) < 4.78 is 2.74. The molecule has 0 aliphatic heterocycles. The molecule has 1 aromatic rings. The second-order valence-corrected chi connectivity index (χ2v) is 3.92. The molecule has 0 aliphatic carbocycles. The minimum absolute atomic E-state index is 0.248. The molecule has 1 aromatic heterocycles. The lowest BCUT2D eigenvalue weighted by Gasteiger charge is -2.14. The van der Waals surface area contributed by atoms with E-state index in [9.17, 15) is 9.59 Å². The zero-order chi connectivity index (χ0) is 11.6. The molecule has 0 unspecified atom stereocenters. The summed E-state index contributed by atoms with van der Waals surface area (Å²) in [5.41, 5.74) is 0.213. The number of aryl methyl sites for hydroxylation is 1. The first-order valence-corrected chi connectivity index (χ1v) is 4.85. The van der Waals surface area contributed by atoms with Gasteiger partial charge in [0.1, 0.15) is 0 Å². The molecule has 84 valence electrons. The first-order valence-electron chi connectivity index (χ1n) is 4.85. The quantitative estimate of drug-likeness (QED) is 0.672. The van der Waals surface area contributed by atoms with E-state index >= 15 is 0 Å². The minimum Gasteiger partial charge on any atom is -0.308 e. The van der Waals surface area contributed by atoms with E-state index in [1.807, 2.05) is 19.0 Å². The number of hydrogen-bond acceptors (Lipinski definition) is 3. The molecule has 0 amide bonds. The van der Waals surface area contributed by atoms with Crippen LogP contribution in [0, 0.1) is 6.92 Å². The first-order chi connectivity index (χ1) is 6.93. The van der Waals surface area contributed by atoms with Gasteiger partial charge in [-0.25, -0.2) is 4.79 Å². The normalized spacial score (nSPS) is 11.0. The van der Waals surface area contributed by atoms with Crippen LogP contribution in [0.15, 0.2) is 15.7 Å². The van der Waals surface area contributed by atoms with Crippen LogP contribution in [0.3, 0.4) is 0 Å². The van der Waals surface area contributed by atoms with Crippen LogP contribution < -0.4 is 11.2 Å². The summed E-state index contributed by atoms with van der Waals surface area (Å²) in [6, 6.07) is 1.48. The van der Waals surface area contributed by atoms with Gasteiger partial charge in [-0.05, 0) is 21.0 Å². The lowest BCUT2D eigenvalue weighted by Crippen LogP contribution is -2.40. The zero-order valence-corrected chi connectivity index (χ0v) is 9.65. The Labute approximate surface area is 88.6 Å². The summed E-state index contributed by atoms with van der Waals surface area (Å²) in [7, 11) is 5.39. The van der Waals surface area contributed by atoms with Gasteiger partial charge in [0.05, 0.1) is 0 Å². The lowest BCUT2D eigenvalue weighted by molar-refractivity contribution is 0.374. The van der Waals surface area contributed by atoms with E-state index in [1.54, 1.807) is 11.5 Å². The number of likely N-dealkylation sites (N-methyl/N-ethyl adjacent to an activating group) is 1. The smallest absolute Gasteiger partial charge is 0.308 e. The van der Waals surface area contributed by atoms with Gasteiger partial charge in [-0.1, -0.05) is 0 Å². The van der Waals surface area contributed by atoms with Crippen molar-refractivity contribution in [3.63, 3.8) is 0 Å². The van der Waals surface area contributed by atoms with Crippen molar-refractivity contribution in [2.24, 2.45) is 7.05 Å². The van der Waals surface area contributed by atoms with Gasteiger partial charge in [0, 0.05) is 31.9 Å². The highest BCUT2D eigenvalue weighted by Gasteiger charge is 2.05. The van der Waals surface area contributed by atoms with Crippen LogP contribution in [0.2, 0.25) is 0 Å². The molecular weight excluding hydrogens is 194 g/mol. The van der Waals surface area contributed by atoms with Crippen molar-refractivity contribution in [3.05, 3.63) is 32.6 Å². The fraction of sp³-hybridized carbons (Fsp3) is 0.600. The van der Waals surface area contributed by atoms with Gasteiger partial charge in [-0.15, -0.1) is 0 Å². The van der Waals surface area contributed by atoms with E-state index in [-0.39, 0.29) is 11.2 Å². The van der Waals surface area contributed by atoms with Crippen molar-refractivity contribution in [2.75, 3.05) is 20.6 Å². The summed E-state index contributed by atoms with van der Waals surface area (Å²) in [4.78, 5) is 25.0. The van der Waals surface area contributed by atoms with Gasteiger partial charge in [-0.2, -0.15) is 0 Å². The van der Waals surface area contributed by atoms with Crippen LogP contribution >= 0.6 is 0 Å². The Morgan fingerprint density at radius 3 is 2.47 bits per heavy atom. The number of hydrogen-bond donors (Lipinski definition) is 0. The van der Waals surface area contributed by atoms with E-state index in [0.717, 1.165) is 11.1 Å². The van der Waals surface area contributed by atoms with E-state index in [1.165, 1.54) is 13.1 Å². The fourth-order valence-electron chi connectivity index (χ4n) is 1.35. The predicted molar refractivity (Wildman–Crippen MR) is 59.2 cm³/mol. The summed E-state index contributed by atoms with van der Waals surface area (Å²) in [6.45, 7) is 3.16. The van der Waals surface area contributed by atoms with Crippen LogP contribution in [0.4, 0.5) is 0 Å². The van der Waals surface area contributed by atoms with Gasteiger partial charge in [-0.3, -0.25) is 13.9 Å². The van der Waals surface area contributed by atoms with Gasteiger partial charge in [0.15, 0.2) is 0 Å². The summed E-state index contributed by atoms with van der Waals surface area (Å²) in [5.74, 6) is 0. The second-order valence-electron chi connectivity index (χ2n) is 3.92. The van der Waals surface area contributed by atoms with Crippen molar-refractivity contribution in [1.82, 2.24) is 14.0 Å². The summed E-state index contributed by atoms with van der Waals surface area (Å²) >= 11 is 0. The van der Waals surface area contributed by atoms with E-state index < -0.39 is 0 Å². The molecular formula is C10H17N3O2. The molecule has 0 fully saturated rings. The van der Waals surface area contributed by atoms with Gasteiger partial charge in [0.2, 0.25) is 0 Å². The Balaban J connectivity index is 3.13. The van der Waals surface area contributed by atoms with Crippen LogP contribution in [-0.2, 0) is 13.6 Å². The number of aromatic nitrogens is 2. The van der Waals surface area contributed by atoms with Crippen LogP contribution in [0.5, 0.6) is 0 Å². The van der Waals surface area contributed by atoms with Crippen molar-refractivity contribution in [2.45, 2.75) is 13.5 Å². The molecule has 1 rings (SSSR count). The Morgan fingerprint density at radius 2 is 1.93 bits per heavy atom. The molecule has 0 saturated heterocycles. The lowest BCUT2D eigenvalue weighted by atomic mass is 10.4. The average Bonchev–Trinajstić information content (AvgIpc) is 2.14. The second kappa shape index (κ2) is 4.44. The summed E-state index contributed by atoms with van der Waals surface area (Å²) in [5, 5.41) is 0. The molecule has 0 atom stereocenters. The third kappa shape index (κ3) is 2.56. The fourth-order valence-corrected chi connectivity index (χ4v) is 1.35. The number of nitrogens with zero attached hydrogens (tertiary/aromatic N) is 3. The Morgan fingerprint density at radius 1 is 1.33 bits per heavy atom. The molecule has 0 saturated carbocycles. The maximum Gasteiger partial charge on any atom is 0.330 e. The van der Waals surface area contributed by atoms with Crippen molar-refractivity contribution in [3.8, 4) is 0 Å². The first kappa shape index (κ1) is 11.7. The van der Waals surface area contributed by atoms with Gasteiger partial charge >= 0.3 is 5.69 Å². The van der Waals surface area contributed by atoms with Gasteiger partial charge < -0.3 is 4.90 Å². The number of rotatable bonds is 3. The predicted octanol–water partition coefficient (Wildman–Crippen LogP) is -0.583. The highest BCUT2D eigenvalue weighted by Crippen LogP contribution is 1.90. The van der Waals surface area contributed by atoms with Gasteiger partial charge in [0.25, 0.3) is 5.56 Å². The molecule has 5 heteroatoms. The standard InChI is InChI=1S/C10H17N3O2/c1-8-7-9(14)12(4)10(15)13(8)6-5-11(2)3/h7H,5-6H2,1-4H3. The zero-order valence-electron chi connectivity index (χ0n) is 9.65. The Hall–Kier alpha value is -1.36. The molecule has 5 nitrogen and oxygen atoms in total. The van der Waals surface area contributed by atoms with Crippen LogP contribution in [0.25, 0.3) is 0 Å². The van der Waals surface area contributed by atoms with E-state index in [2.05, 4.69) is 0 Å². The van der Waals surface area contributed by atoms with Crippen LogP contribution in [0.1, 0.15) is 5.69 Å². The van der Waals surface area contributed by atoms with Crippen molar-refractivity contribution in [1.29, 1.82) is 0 Å². The van der Waals surface area contributed by atoms with E-state index in [0.29, 0.717) is 12.2 Å². The van der Waals surface area contributed by atoms with Crippen molar-refractivity contribution >= 4 is 0 Å². The molecule has 0 aromatic carbocycles. The minimum atomic E-state index is -0.251. The van der Waals surface area contributed by atoms with Crippen LogP contribution in [-0.4, -0.2) is 34.7 Å². The SMILES string of the molecule is Cc1cc(=O)n(C)c(=O)n1CCN(C)C. The highest BCUT2D eigenvalue weighted by molar-refractivity contribution is 4.99. The average molecular weight is 211 g/mol. The molecule has 0 radical (unpaired) electrons. The van der Waals surface area contributed by atoms with E-state index in [4.69, 9.17) is 0 Å². The maximum absolute atomic E-state index is 11.7. The third-order valence-corrected chi connectivity index (χ3v) is 2.38. The topological polar surface area (TPSA) is 47.2 Å². The molecule has 0 aliphatic rings. The molecule has 0 spiro atoms. The molecule has 0 bridgehead atoms. The Kier molecular flexibility index (Phi) is 3.47. The third-order valence-electron chi connectivity index (χ3n) is 2.38. The maximum atomic E-state index is 11.7. The molecule has 0 N–H and O–H groups in total. The highest BCUT2D eigenvalue weighted by atomic mass is 16.2. The largest absolute Gasteiger partial charge is 0.330 e. The summed E-state index contributed by atoms with van der Waals surface area (Å²) in [6.07, 6.45) is 0. The molecule has 1 heterocycles. The van der Waals surface area contributed by atoms with Crippen molar-refractivity contribution < 1.29 is 0 Å². The monoisotopic (exact) mass is 211 g/mol. The Bertz CT molecular complexity index is 457. The molecule has 15 heavy (non-hydrogen) atoms.